The third-order valence-corrected chi connectivity index (χ3v) is 5.46. The molecule has 4 aromatic rings. The van der Waals surface area contributed by atoms with Crippen LogP contribution >= 0.6 is 0 Å². The lowest BCUT2D eigenvalue weighted by molar-refractivity contribution is 0.600. The van der Waals surface area contributed by atoms with Crippen molar-refractivity contribution in [3.63, 3.8) is 0 Å². The van der Waals surface area contributed by atoms with Crippen molar-refractivity contribution < 1.29 is 8.42 Å². The van der Waals surface area contributed by atoms with E-state index in [0.29, 0.717) is 11.5 Å². The summed E-state index contributed by atoms with van der Waals surface area (Å²) >= 11 is 0. The van der Waals surface area contributed by atoms with Crippen LogP contribution < -0.4 is 16.2 Å². The Kier molecular flexibility index (Phi) is 4.90. The zero-order valence-electron chi connectivity index (χ0n) is 15.5. The van der Waals surface area contributed by atoms with Gasteiger partial charge in [-0.2, -0.15) is 15.3 Å². The van der Waals surface area contributed by atoms with E-state index in [2.05, 4.69) is 30.2 Å². The maximum atomic E-state index is 12.8. The van der Waals surface area contributed by atoms with Gasteiger partial charge in [-0.05, 0) is 36.4 Å². The van der Waals surface area contributed by atoms with Gasteiger partial charge in [-0.25, -0.2) is 13.1 Å². The summed E-state index contributed by atoms with van der Waals surface area (Å²) in [5.41, 5.74) is 12.7. The monoisotopic (exact) mass is 423 g/mol. The average molecular weight is 423 g/mol. The molecule has 0 aliphatic carbocycles. The minimum Gasteiger partial charge on any atom is -0.382 e. The maximum Gasteiger partial charge on any atom is 0.263 e. The van der Waals surface area contributed by atoms with E-state index < -0.39 is 10.0 Å². The van der Waals surface area contributed by atoms with Crippen LogP contribution in [0.15, 0.2) is 82.0 Å². The molecule has 0 unspecified atom stereocenters. The highest BCUT2D eigenvalue weighted by Crippen LogP contribution is 2.28. The standard InChI is InChI=1S/C18H17N9O2S/c19-17-16(18(20)25-24-17)23-22-12-6-8-14(9-7-12)30(28,29)26-15-10-11-21-27(15)13-4-2-1-3-5-13/h1-11,26H,(H5,19,20,24,25). The van der Waals surface area contributed by atoms with Crippen molar-refractivity contribution >= 4 is 38.9 Å². The number of rotatable bonds is 6. The molecule has 0 saturated heterocycles. The molecule has 2 aromatic carbocycles. The fourth-order valence-corrected chi connectivity index (χ4v) is 3.66. The van der Waals surface area contributed by atoms with Crippen LogP contribution in [-0.4, -0.2) is 28.4 Å². The number of nitrogens with two attached hydrogens (primary N) is 2. The van der Waals surface area contributed by atoms with E-state index >= 15 is 0 Å². The second-order valence-corrected chi connectivity index (χ2v) is 7.82. The molecule has 0 bridgehead atoms. The van der Waals surface area contributed by atoms with Gasteiger partial charge in [0, 0.05) is 6.07 Å². The molecule has 0 aliphatic rings. The van der Waals surface area contributed by atoms with E-state index in [0.717, 1.165) is 5.69 Å². The third kappa shape index (κ3) is 3.84. The lowest BCUT2D eigenvalue weighted by Crippen LogP contribution is -2.15. The largest absolute Gasteiger partial charge is 0.382 e. The van der Waals surface area contributed by atoms with Crippen LogP contribution in [-0.2, 0) is 10.0 Å². The molecule has 0 saturated carbocycles. The molecule has 0 amide bonds. The predicted molar refractivity (Wildman–Crippen MR) is 112 cm³/mol. The van der Waals surface area contributed by atoms with Crippen LogP contribution in [0.4, 0.5) is 28.8 Å². The molecular formula is C18H17N9O2S. The second-order valence-electron chi connectivity index (χ2n) is 6.13. The number of H-pyrrole nitrogens is 1. The molecule has 30 heavy (non-hydrogen) atoms. The van der Waals surface area contributed by atoms with Gasteiger partial charge in [-0.3, -0.25) is 9.82 Å². The van der Waals surface area contributed by atoms with Crippen molar-refractivity contribution in [1.82, 2.24) is 20.0 Å². The summed E-state index contributed by atoms with van der Waals surface area (Å²) in [5, 5.41) is 18.3. The Bertz CT molecular complexity index is 1270. The van der Waals surface area contributed by atoms with E-state index in [1.807, 2.05) is 30.3 Å². The zero-order valence-corrected chi connectivity index (χ0v) is 16.3. The van der Waals surface area contributed by atoms with Crippen LogP contribution in [0.1, 0.15) is 0 Å². The molecule has 0 atom stereocenters. The highest BCUT2D eigenvalue weighted by Gasteiger charge is 2.17. The number of hydrogen-bond donors (Lipinski definition) is 4. The van der Waals surface area contributed by atoms with E-state index in [-0.39, 0.29) is 22.2 Å². The molecule has 4 rings (SSSR count). The summed E-state index contributed by atoms with van der Waals surface area (Å²) < 4.78 is 29.6. The maximum absolute atomic E-state index is 12.8. The summed E-state index contributed by atoms with van der Waals surface area (Å²) in [5.74, 6) is 0.625. The van der Waals surface area contributed by atoms with Gasteiger partial charge < -0.3 is 11.5 Å². The summed E-state index contributed by atoms with van der Waals surface area (Å²) in [6.45, 7) is 0. The van der Waals surface area contributed by atoms with Gasteiger partial charge in [0.05, 0.1) is 22.5 Å². The average Bonchev–Trinajstić information content (AvgIpc) is 3.33. The molecule has 12 heteroatoms. The fourth-order valence-electron chi connectivity index (χ4n) is 2.62. The number of anilines is 3. The zero-order chi connectivity index (χ0) is 21.1. The Balaban J connectivity index is 1.54. The van der Waals surface area contributed by atoms with Gasteiger partial charge in [-0.15, -0.1) is 5.11 Å². The smallest absolute Gasteiger partial charge is 0.263 e. The first-order chi connectivity index (χ1) is 14.4. The number of benzene rings is 2. The van der Waals surface area contributed by atoms with Crippen molar-refractivity contribution in [2.75, 3.05) is 16.2 Å². The Morgan fingerprint density at radius 3 is 2.37 bits per heavy atom. The number of nitrogens with one attached hydrogen (secondary N) is 2. The van der Waals surface area contributed by atoms with Crippen molar-refractivity contribution in [2.45, 2.75) is 4.90 Å². The topological polar surface area (TPSA) is 169 Å². The van der Waals surface area contributed by atoms with Crippen LogP contribution in [0.5, 0.6) is 0 Å². The first-order valence-electron chi connectivity index (χ1n) is 8.67. The molecule has 11 nitrogen and oxygen atoms in total. The minimum atomic E-state index is -3.84. The first-order valence-corrected chi connectivity index (χ1v) is 10.2. The minimum absolute atomic E-state index is 0.0598. The van der Waals surface area contributed by atoms with Crippen LogP contribution in [0.3, 0.4) is 0 Å². The number of aromatic nitrogens is 4. The Hall–Kier alpha value is -4.19. The number of nitrogen functional groups attached to an aromatic ring is 2. The van der Waals surface area contributed by atoms with Gasteiger partial charge in [0.25, 0.3) is 10.0 Å². The quantitative estimate of drug-likeness (QED) is 0.347. The predicted octanol–water partition coefficient (Wildman–Crippen LogP) is 2.98. The lowest BCUT2D eigenvalue weighted by Gasteiger charge is -2.10. The molecule has 2 aromatic heterocycles. The van der Waals surface area contributed by atoms with Gasteiger partial charge in [0.2, 0.25) is 0 Å². The molecule has 0 aliphatic heterocycles. The fraction of sp³-hybridized carbons (Fsp3) is 0. The van der Waals surface area contributed by atoms with Crippen molar-refractivity contribution in [1.29, 1.82) is 0 Å². The number of nitrogens with zero attached hydrogens (tertiary/aromatic N) is 5. The summed E-state index contributed by atoms with van der Waals surface area (Å²) in [7, 11) is -3.84. The second kappa shape index (κ2) is 7.67. The Labute approximate surface area is 171 Å². The summed E-state index contributed by atoms with van der Waals surface area (Å²) in [4.78, 5) is 0.0598. The SMILES string of the molecule is Nc1n[nH]c(N)c1N=Nc1ccc(S(=O)(=O)Nc2ccnn2-c2ccccc2)cc1. The van der Waals surface area contributed by atoms with Crippen LogP contribution in [0.2, 0.25) is 0 Å². The Morgan fingerprint density at radius 2 is 1.70 bits per heavy atom. The van der Waals surface area contributed by atoms with Gasteiger partial charge >= 0.3 is 0 Å². The molecule has 2 heterocycles. The van der Waals surface area contributed by atoms with Crippen LogP contribution in [0.25, 0.3) is 5.69 Å². The molecule has 6 N–H and O–H groups in total. The van der Waals surface area contributed by atoms with Crippen molar-refractivity contribution in [2.24, 2.45) is 10.2 Å². The highest BCUT2D eigenvalue weighted by molar-refractivity contribution is 7.92. The molecule has 0 spiro atoms. The first kappa shape index (κ1) is 19.1. The number of para-hydroxylation sites is 1. The van der Waals surface area contributed by atoms with E-state index in [4.69, 9.17) is 11.5 Å². The summed E-state index contributed by atoms with van der Waals surface area (Å²) in [6, 6.07) is 16.6. The number of aromatic amines is 1. The van der Waals surface area contributed by atoms with Crippen LogP contribution in [0, 0.1) is 0 Å². The number of sulfonamides is 1. The van der Waals surface area contributed by atoms with E-state index in [9.17, 15) is 8.42 Å². The lowest BCUT2D eigenvalue weighted by atomic mass is 10.3. The van der Waals surface area contributed by atoms with Gasteiger partial charge in [0.15, 0.2) is 11.5 Å². The van der Waals surface area contributed by atoms with E-state index in [1.54, 1.807) is 6.07 Å². The molecule has 152 valence electrons. The third-order valence-electron chi connectivity index (χ3n) is 4.09. The van der Waals surface area contributed by atoms with Crippen molar-refractivity contribution in [3.05, 3.63) is 66.9 Å². The van der Waals surface area contributed by atoms with Gasteiger partial charge in [0.1, 0.15) is 11.6 Å². The molecule has 0 radical (unpaired) electrons. The highest BCUT2D eigenvalue weighted by atomic mass is 32.2. The Morgan fingerprint density at radius 1 is 0.967 bits per heavy atom. The number of azo groups is 1. The number of hydrogen-bond acceptors (Lipinski definition) is 8. The van der Waals surface area contributed by atoms with Crippen molar-refractivity contribution in [3.8, 4) is 5.69 Å². The van der Waals surface area contributed by atoms with E-state index in [1.165, 1.54) is 35.1 Å². The molecule has 0 fully saturated rings. The summed E-state index contributed by atoms with van der Waals surface area (Å²) in [6.07, 6.45) is 1.52. The normalized spacial score (nSPS) is 11.7. The van der Waals surface area contributed by atoms with Gasteiger partial charge in [-0.1, -0.05) is 18.2 Å². The molecular weight excluding hydrogens is 406 g/mol.